The minimum Gasteiger partial charge on any atom is -0.337 e. The molecule has 2 aromatic rings. The quantitative estimate of drug-likeness (QED) is 0.924. The third-order valence-corrected chi connectivity index (χ3v) is 4.87. The first-order valence-corrected chi connectivity index (χ1v) is 8.64. The van der Waals surface area contributed by atoms with Gasteiger partial charge in [0.2, 0.25) is 5.91 Å². The molecule has 0 spiro atoms. The zero-order valence-electron chi connectivity index (χ0n) is 12.4. The molecule has 1 atom stereocenters. The molecule has 23 heavy (non-hydrogen) atoms. The number of halogens is 1. The van der Waals surface area contributed by atoms with E-state index in [0.717, 1.165) is 12.8 Å². The van der Waals surface area contributed by atoms with E-state index in [9.17, 15) is 9.59 Å². The van der Waals surface area contributed by atoms with E-state index in [1.54, 1.807) is 17.0 Å². The summed E-state index contributed by atoms with van der Waals surface area (Å²) in [4.78, 5) is 31.3. The summed E-state index contributed by atoms with van der Waals surface area (Å²) in [6.45, 7) is 1.13. The normalized spacial score (nSPS) is 17.8. The van der Waals surface area contributed by atoms with Crippen molar-refractivity contribution >= 4 is 40.6 Å². The summed E-state index contributed by atoms with van der Waals surface area (Å²) in [6, 6.07) is 7.02. The average molecular weight is 350 g/mol. The van der Waals surface area contributed by atoms with Gasteiger partial charge in [-0.25, -0.2) is 4.98 Å². The summed E-state index contributed by atoms with van der Waals surface area (Å²) >= 11 is 7.21. The molecule has 5 nitrogen and oxygen atoms in total. The van der Waals surface area contributed by atoms with Gasteiger partial charge in [0.15, 0.2) is 0 Å². The molecule has 3 rings (SSSR count). The van der Waals surface area contributed by atoms with Gasteiger partial charge in [-0.3, -0.25) is 9.59 Å². The van der Waals surface area contributed by atoms with Gasteiger partial charge in [0.05, 0.1) is 15.8 Å². The Kier molecular flexibility index (Phi) is 4.93. The molecule has 2 aromatic heterocycles. The van der Waals surface area contributed by atoms with E-state index >= 15 is 0 Å². The van der Waals surface area contributed by atoms with Crippen LogP contribution in [0.25, 0.3) is 0 Å². The van der Waals surface area contributed by atoms with Crippen molar-refractivity contribution in [2.75, 3.05) is 18.4 Å². The largest absolute Gasteiger partial charge is 0.337 e. The Bertz CT molecular complexity index is 688. The first-order chi connectivity index (χ1) is 11.1. The van der Waals surface area contributed by atoms with Crippen molar-refractivity contribution in [2.45, 2.75) is 12.8 Å². The van der Waals surface area contributed by atoms with Gasteiger partial charge >= 0.3 is 0 Å². The number of piperidine rings is 1. The van der Waals surface area contributed by atoms with Crippen LogP contribution >= 0.6 is 22.9 Å². The minimum atomic E-state index is -0.217. The SMILES string of the molecule is O=C(Nc1ccc(Cl)cn1)C1CCCN(C(=O)c2cccs2)C1. The third kappa shape index (κ3) is 3.89. The van der Waals surface area contributed by atoms with E-state index in [2.05, 4.69) is 10.3 Å². The number of nitrogens with one attached hydrogen (secondary N) is 1. The number of amides is 2. The van der Waals surface area contributed by atoms with Gasteiger partial charge in [-0.15, -0.1) is 11.3 Å². The number of hydrogen-bond acceptors (Lipinski definition) is 4. The number of carbonyl (C=O) groups excluding carboxylic acids is 2. The maximum Gasteiger partial charge on any atom is 0.263 e. The summed E-state index contributed by atoms with van der Waals surface area (Å²) < 4.78 is 0. The average Bonchev–Trinajstić information content (AvgIpc) is 3.11. The van der Waals surface area contributed by atoms with E-state index in [4.69, 9.17) is 11.6 Å². The lowest BCUT2D eigenvalue weighted by Gasteiger charge is -2.31. The smallest absolute Gasteiger partial charge is 0.263 e. The standard InChI is InChI=1S/C16H16ClN3O2S/c17-12-5-6-14(18-9-12)19-15(21)11-3-1-7-20(10-11)16(22)13-4-2-8-23-13/h2,4-6,8-9,11H,1,3,7,10H2,(H,18,19,21). The number of carbonyl (C=O) groups is 2. The van der Waals surface area contributed by atoms with E-state index in [-0.39, 0.29) is 17.7 Å². The molecule has 1 aliphatic rings. The van der Waals surface area contributed by atoms with Gasteiger partial charge in [-0.05, 0) is 36.4 Å². The summed E-state index contributed by atoms with van der Waals surface area (Å²) in [6.07, 6.45) is 3.08. The second-order valence-corrected chi connectivity index (χ2v) is 6.80. The van der Waals surface area contributed by atoms with E-state index in [1.807, 2.05) is 17.5 Å². The van der Waals surface area contributed by atoms with Crippen molar-refractivity contribution in [3.63, 3.8) is 0 Å². The van der Waals surface area contributed by atoms with Crippen molar-refractivity contribution in [3.8, 4) is 0 Å². The number of rotatable bonds is 3. The molecule has 1 saturated heterocycles. The van der Waals surface area contributed by atoms with E-state index in [1.165, 1.54) is 17.5 Å². The molecule has 0 aromatic carbocycles. The van der Waals surface area contributed by atoms with Crippen molar-refractivity contribution in [1.82, 2.24) is 9.88 Å². The Morgan fingerprint density at radius 1 is 1.35 bits per heavy atom. The molecule has 0 saturated carbocycles. The van der Waals surface area contributed by atoms with Gasteiger partial charge in [0, 0.05) is 19.3 Å². The Labute approximate surface area is 143 Å². The lowest BCUT2D eigenvalue weighted by molar-refractivity contribution is -0.121. The van der Waals surface area contributed by atoms with Crippen LogP contribution in [0.3, 0.4) is 0 Å². The number of thiophene rings is 1. The predicted molar refractivity (Wildman–Crippen MR) is 90.8 cm³/mol. The van der Waals surface area contributed by atoms with Gasteiger partial charge in [0.1, 0.15) is 5.82 Å². The summed E-state index contributed by atoms with van der Waals surface area (Å²) in [5.74, 6) is 0.150. The van der Waals surface area contributed by atoms with E-state index < -0.39 is 0 Å². The maximum atomic E-state index is 12.4. The molecule has 2 amide bonds. The van der Waals surface area contributed by atoms with Crippen molar-refractivity contribution in [3.05, 3.63) is 45.7 Å². The highest BCUT2D eigenvalue weighted by Crippen LogP contribution is 2.22. The van der Waals surface area contributed by atoms with Crippen LogP contribution in [-0.2, 0) is 4.79 Å². The van der Waals surface area contributed by atoms with Gasteiger partial charge in [-0.2, -0.15) is 0 Å². The van der Waals surface area contributed by atoms with Crippen LogP contribution < -0.4 is 5.32 Å². The van der Waals surface area contributed by atoms with Crippen LogP contribution in [0.4, 0.5) is 5.82 Å². The number of likely N-dealkylation sites (tertiary alicyclic amines) is 1. The Balaban J connectivity index is 1.62. The fourth-order valence-corrected chi connectivity index (χ4v) is 3.41. The lowest BCUT2D eigenvalue weighted by atomic mass is 9.97. The Morgan fingerprint density at radius 2 is 2.22 bits per heavy atom. The van der Waals surface area contributed by atoms with Crippen LogP contribution in [-0.4, -0.2) is 34.8 Å². The van der Waals surface area contributed by atoms with Crippen LogP contribution in [0.1, 0.15) is 22.5 Å². The molecule has 0 bridgehead atoms. The molecule has 1 unspecified atom stereocenters. The van der Waals surface area contributed by atoms with Crippen LogP contribution in [0, 0.1) is 5.92 Å². The highest BCUT2D eigenvalue weighted by molar-refractivity contribution is 7.12. The topological polar surface area (TPSA) is 62.3 Å². The summed E-state index contributed by atoms with van der Waals surface area (Å²) in [5, 5.41) is 5.19. The first-order valence-electron chi connectivity index (χ1n) is 7.38. The number of aromatic nitrogens is 1. The van der Waals surface area contributed by atoms with Crippen LogP contribution in [0.5, 0.6) is 0 Å². The molecule has 0 aliphatic carbocycles. The predicted octanol–water partition coefficient (Wildman–Crippen LogP) is 3.29. The van der Waals surface area contributed by atoms with Crippen molar-refractivity contribution < 1.29 is 9.59 Å². The molecule has 7 heteroatoms. The molecule has 1 N–H and O–H groups in total. The van der Waals surface area contributed by atoms with Gasteiger partial charge < -0.3 is 10.2 Å². The fourth-order valence-electron chi connectivity index (χ4n) is 2.61. The minimum absolute atomic E-state index is 0.00196. The van der Waals surface area contributed by atoms with E-state index in [0.29, 0.717) is 28.8 Å². The van der Waals surface area contributed by atoms with Crippen LogP contribution in [0.2, 0.25) is 5.02 Å². The number of nitrogens with zero attached hydrogens (tertiary/aromatic N) is 2. The Hall–Kier alpha value is -1.92. The van der Waals surface area contributed by atoms with Gasteiger partial charge in [-0.1, -0.05) is 17.7 Å². The van der Waals surface area contributed by atoms with Crippen molar-refractivity contribution in [2.24, 2.45) is 5.92 Å². The molecule has 0 radical (unpaired) electrons. The fraction of sp³-hybridized carbons (Fsp3) is 0.312. The van der Waals surface area contributed by atoms with Gasteiger partial charge in [0.25, 0.3) is 5.91 Å². The molecule has 120 valence electrons. The molecular formula is C16H16ClN3O2S. The monoisotopic (exact) mass is 349 g/mol. The second-order valence-electron chi connectivity index (χ2n) is 5.42. The molecule has 3 heterocycles. The first kappa shape index (κ1) is 16.0. The molecular weight excluding hydrogens is 334 g/mol. The maximum absolute atomic E-state index is 12.4. The van der Waals surface area contributed by atoms with Crippen LogP contribution in [0.15, 0.2) is 35.8 Å². The second kappa shape index (κ2) is 7.10. The Morgan fingerprint density at radius 3 is 2.91 bits per heavy atom. The molecule has 1 fully saturated rings. The zero-order valence-corrected chi connectivity index (χ0v) is 13.9. The highest BCUT2D eigenvalue weighted by Gasteiger charge is 2.29. The number of hydrogen-bond donors (Lipinski definition) is 1. The highest BCUT2D eigenvalue weighted by atomic mass is 35.5. The summed E-state index contributed by atoms with van der Waals surface area (Å²) in [7, 11) is 0. The number of anilines is 1. The number of pyridine rings is 1. The lowest BCUT2D eigenvalue weighted by Crippen LogP contribution is -2.43. The zero-order chi connectivity index (χ0) is 16.2. The summed E-state index contributed by atoms with van der Waals surface area (Å²) in [5.41, 5.74) is 0. The molecule has 1 aliphatic heterocycles. The third-order valence-electron chi connectivity index (χ3n) is 3.79. The van der Waals surface area contributed by atoms with Crippen molar-refractivity contribution in [1.29, 1.82) is 0 Å².